The zero-order chi connectivity index (χ0) is 12.9. The Morgan fingerprint density at radius 2 is 1.24 bits per heavy atom. The zero-order valence-corrected chi connectivity index (χ0v) is 12.1. The number of ether oxygens (including phenoxy) is 1. The van der Waals surface area contributed by atoms with E-state index in [0.29, 0.717) is 12.2 Å². The van der Waals surface area contributed by atoms with Crippen molar-refractivity contribution in [1.29, 1.82) is 0 Å². The number of rotatable bonds is 10. The molecule has 0 aliphatic rings. The fourth-order valence-electron chi connectivity index (χ4n) is 1.97. The largest absolute Gasteiger partial charge is 0.374 e. The van der Waals surface area contributed by atoms with Crippen molar-refractivity contribution in [3.63, 3.8) is 0 Å². The molecule has 100 valence electrons. The summed E-state index contributed by atoms with van der Waals surface area (Å²) in [6, 6.07) is 0. The van der Waals surface area contributed by atoms with Crippen molar-refractivity contribution in [2.75, 3.05) is 0 Å². The van der Waals surface area contributed by atoms with Gasteiger partial charge in [-0.3, -0.25) is 0 Å². The minimum absolute atomic E-state index is 0.401. The fourth-order valence-corrected chi connectivity index (χ4v) is 1.97. The van der Waals surface area contributed by atoms with Gasteiger partial charge in [0, 0.05) is 0 Å². The molecule has 17 heavy (non-hydrogen) atoms. The third-order valence-electron chi connectivity index (χ3n) is 2.88. The van der Waals surface area contributed by atoms with Gasteiger partial charge in [-0.1, -0.05) is 51.0 Å². The minimum Gasteiger partial charge on any atom is -0.374 e. The van der Waals surface area contributed by atoms with Gasteiger partial charge in [-0.15, -0.1) is 0 Å². The topological polar surface area (TPSA) is 9.23 Å². The number of allylic oxidation sites excluding steroid dienone is 2. The van der Waals surface area contributed by atoms with Crippen LogP contribution in [0.15, 0.2) is 24.3 Å². The van der Waals surface area contributed by atoms with Crippen LogP contribution in [-0.2, 0) is 4.74 Å². The standard InChI is InChI=1S/C16H30O/c1-5-9-13-15(11-7-3)17-16(12-8-4)14-10-6-2/h5-6,9-10,15-16H,7-8,11-14H2,1-4H3. The van der Waals surface area contributed by atoms with Gasteiger partial charge in [0.15, 0.2) is 0 Å². The normalized spacial score (nSPS) is 15.8. The van der Waals surface area contributed by atoms with E-state index in [1.165, 1.54) is 25.7 Å². The van der Waals surface area contributed by atoms with Gasteiger partial charge >= 0.3 is 0 Å². The highest BCUT2D eigenvalue weighted by Crippen LogP contribution is 2.16. The molecule has 0 aromatic rings. The predicted molar refractivity (Wildman–Crippen MR) is 77.3 cm³/mol. The molecule has 2 atom stereocenters. The van der Waals surface area contributed by atoms with Crippen LogP contribution in [-0.4, -0.2) is 12.2 Å². The molecule has 0 aliphatic heterocycles. The molecule has 0 saturated heterocycles. The number of hydrogen-bond donors (Lipinski definition) is 0. The van der Waals surface area contributed by atoms with E-state index in [4.69, 9.17) is 4.74 Å². The summed E-state index contributed by atoms with van der Waals surface area (Å²) in [5.41, 5.74) is 0. The molecule has 0 aromatic carbocycles. The van der Waals surface area contributed by atoms with Gasteiger partial charge in [-0.25, -0.2) is 0 Å². The SMILES string of the molecule is CC=CCC(CCC)OC(CC=CC)CCC. The minimum atomic E-state index is 0.401. The molecule has 0 heterocycles. The molecular weight excluding hydrogens is 208 g/mol. The molecule has 1 heteroatoms. The summed E-state index contributed by atoms with van der Waals surface area (Å²) in [5, 5.41) is 0. The monoisotopic (exact) mass is 238 g/mol. The van der Waals surface area contributed by atoms with Crippen molar-refractivity contribution in [2.45, 2.75) is 78.4 Å². The van der Waals surface area contributed by atoms with Gasteiger partial charge < -0.3 is 4.74 Å². The molecule has 0 amide bonds. The molecule has 0 radical (unpaired) electrons. The summed E-state index contributed by atoms with van der Waals surface area (Å²) in [4.78, 5) is 0. The second-order valence-electron chi connectivity index (χ2n) is 4.57. The van der Waals surface area contributed by atoms with E-state index in [0.717, 1.165) is 12.8 Å². The second kappa shape index (κ2) is 11.9. The summed E-state index contributed by atoms with van der Waals surface area (Å²) in [6.45, 7) is 8.61. The predicted octanol–water partition coefficient (Wildman–Crippen LogP) is 5.27. The van der Waals surface area contributed by atoms with Gasteiger partial charge in [-0.05, 0) is 39.5 Å². The van der Waals surface area contributed by atoms with Gasteiger partial charge in [-0.2, -0.15) is 0 Å². The molecule has 0 aromatic heterocycles. The Balaban J connectivity index is 4.21. The summed E-state index contributed by atoms with van der Waals surface area (Å²) in [7, 11) is 0. The van der Waals surface area contributed by atoms with E-state index in [1.54, 1.807) is 0 Å². The van der Waals surface area contributed by atoms with Crippen LogP contribution in [0.5, 0.6) is 0 Å². The van der Waals surface area contributed by atoms with Crippen molar-refractivity contribution < 1.29 is 4.74 Å². The Bertz CT molecular complexity index is 184. The van der Waals surface area contributed by atoms with Gasteiger partial charge in [0.2, 0.25) is 0 Å². The maximum Gasteiger partial charge on any atom is 0.0613 e. The Labute approximate surface area is 108 Å². The molecule has 0 fully saturated rings. The first-order valence-corrected chi connectivity index (χ1v) is 7.16. The van der Waals surface area contributed by atoms with E-state index in [1.807, 2.05) is 0 Å². The summed E-state index contributed by atoms with van der Waals surface area (Å²) < 4.78 is 6.23. The Morgan fingerprint density at radius 1 is 0.824 bits per heavy atom. The molecule has 0 aliphatic carbocycles. The summed E-state index contributed by atoms with van der Waals surface area (Å²) in [6.07, 6.45) is 16.3. The van der Waals surface area contributed by atoms with Crippen LogP contribution < -0.4 is 0 Å². The van der Waals surface area contributed by atoms with Crippen molar-refractivity contribution in [3.8, 4) is 0 Å². The van der Waals surface area contributed by atoms with Crippen LogP contribution in [0, 0.1) is 0 Å². The van der Waals surface area contributed by atoms with Crippen molar-refractivity contribution in [3.05, 3.63) is 24.3 Å². The lowest BCUT2D eigenvalue weighted by molar-refractivity contribution is -0.0174. The molecule has 0 saturated carbocycles. The first kappa shape index (κ1) is 16.4. The highest BCUT2D eigenvalue weighted by atomic mass is 16.5. The lowest BCUT2D eigenvalue weighted by Crippen LogP contribution is -2.21. The van der Waals surface area contributed by atoms with E-state index < -0.39 is 0 Å². The third-order valence-corrected chi connectivity index (χ3v) is 2.88. The Morgan fingerprint density at radius 3 is 1.53 bits per heavy atom. The third kappa shape index (κ3) is 9.17. The van der Waals surface area contributed by atoms with E-state index >= 15 is 0 Å². The van der Waals surface area contributed by atoms with Crippen LogP contribution in [0.1, 0.15) is 66.2 Å². The highest BCUT2D eigenvalue weighted by molar-refractivity contribution is 4.84. The first-order chi connectivity index (χ1) is 8.28. The van der Waals surface area contributed by atoms with Gasteiger partial charge in [0.25, 0.3) is 0 Å². The maximum atomic E-state index is 6.23. The molecule has 0 N–H and O–H groups in total. The Hall–Kier alpha value is -0.560. The summed E-state index contributed by atoms with van der Waals surface area (Å²) >= 11 is 0. The van der Waals surface area contributed by atoms with Crippen LogP contribution in [0.4, 0.5) is 0 Å². The molecule has 2 unspecified atom stereocenters. The molecular formula is C16H30O. The fraction of sp³-hybridized carbons (Fsp3) is 0.750. The zero-order valence-electron chi connectivity index (χ0n) is 12.1. The summed E-state index contributed by atoms with van der Waals surface area (Å²) in [5.74, 6) is 0. The molecule has 0 spiro atoms. The van der Waals surface area contributed by atoms with Crippen molar-refractivity contribution in [1.82, 2.24) is 0 Å². The molecule has 0 bridgehead atoms. The number of hydrogen-bond acceptors (Lipinski definition) is 1. The van der Waals surface area contributed by atoms with Crippen LogP contribution >= 0.6 is 0 Å². The van der Waals surface area contributed by atoms with Crippen LogP contribution in [0.25, 0.3) is 0 Å². The van der Waals surface area contributed by atoms with Crippen LogP contribution in [0.3, 0.4) is 0 Å². The quantitative estimate of drug-likeness (QED) is 0.471. The van der Waals surface area contributed by atoms with Crippen LogP contribution in [0.2, 0.25) is 0 Å². The second-order valence-corrected chi connectivity index (χ2v) is 4.57. The van der Waals surface area contributed by atoms with E-state index in [9.17, 15) is 0 Å². The molecule has 1 nitrogen and oxygen atoms in total. The van der Waals surface area contributed by atoms with Crippen molar-refractivity contribution >= 4 is 0 Å². The van der Waals surface area contributed by atoms with E-state index in [2.05, 4.69) is 52.0 Å². The average molecular weight is 238 g/mol. The van der Waals surface area contributed by atoms with E-state index in [-0.39, 0.29) is 0 Å². The van der Waals surface area contributed by atoms with Gasteiger partial charge in [0.05, 0.1) is 12.2 Å². The average Bonchev–Trinajstić information content (AvgIpc) is 2.33. The lowest BCUT2D eigenvalue weighted by atomic mass is 10.1. The molecule has 0 rings (SSSR count). The maximum absolute atomic E-state index is 6.23. The smallest absolute Gasteiger partial charge is 0.0613 e. The van der Waals surface area contributed by atoms with Crippen molar-refractivity contribution in [2.24, 2.45) is 0 Å². The lowest BCUT2D eigenvalue weighted by Gasteiger charge is -2.23. The van der Waals surface area contributed by atoms with Gasteiger partial charge in [0.1, 0.15) is 0 Å². The first-order valence-electron chi connectivity index (χ1n) is 7.16. The highest BCUT2D eigenvalue weighted by Gasteiger charge is 2.13. The Kier molecular flexibility index (Phi) is 11.5.